The molecule has 5 unspecified atom stereocenters. The van der Waals surface area contributed by atoms with Gasteiger partial charge in [-0.2, -0.15) is 0 Å². The van der Waals surface area contributed by atoms with E-state index in [-0.39, 0.29) is 23.9 Å². The predicted molar refractivity (Wildman–Crippen MR) is 193 cm³/mol. The number of carbonyl (C=O) groups excluding carboxylic acids is 2. The molecule has 8 nitrogen and oxygen atoms in total. The second-order valence-corrected chi connectivity index (χ2v) is 15.2. The number of ether oxygens (including phenoxy) is 3. The van der Waals surface area contributed by atoms with Crippen molar-refractivity contribution in [3.8, 4) is 5.75 Å². The fourth-order valence-electron chi connectivity index (χ4n) is 5.51. The lowest BCUT2D eigenvalue weighted by molar-refractivity contribution is -0.162. The summed E-state index contributed by atoms with van der Waals surface area (Å²) in [6.45, 7) is 21.4. The first-order valence-electron chi connectivity index (χ1n) is 17.4. The molecule has 0 aromatic heterocycles. The summed E-state index contributed by atoms with van der Waals surface area (Å²) in [5, 5.41) is 0. The smallest absolute Gasteiger partial charge is 0.387 e. The molecule has 1 N–H and O–H groups in total. The van der Waals surface area contributed by atoms with E-state index in [9.17, 15) is 19.0 Å². The largest absolute Gasteiger partial charge is 0.468 e. The second-order valence-electron chi connectivity index (χ2n) is 13.5. The SMILES string of the molecule is CC.CC.CC(C)(C)C.COC(=O)CP(=O)(O)Oc1ccccc1.COC1CC(=O)O[C@H](CCC2C(C)C=CC3=C[C@H](C)CCC32)C1. The second kappa shape index (κ2) is 23.0. The number of hydrogen-bond acceptors (Lipinski definition) is 7. The van der Waals surface area contributed by atoms with Crippen molar-refractivity contribution >= 4 is 19.5 Å². The van der Waals surface area contributed by atoms with Gasteiger partial charge in [0.15, 0.2) is 6.16 Å². The van der Waals surface area contributed by atoms with E-state index >= 15 is 0 Å². The maximum Gasteiger partial charge on any atom is 0.387 e. The molecule has 0 spiro atoms. The Kier molecular flexibility index (Phi) is 21.9. The highest BCUT2D eigenvalue weighted by Crippen LogP contribution is 2.44. The normalized spacial score (nSPS) is 25.7. The minimum atomic E-state index is -3.96. The number of rotatable bonds is 8. The minimum Gasteiger partial charge on any atom is -0.468 e. The molecule has 0 radical (unpaired) electrons. The lowest BCUT2D eigenvalue weighted by Gasteiger charge is -2.39. The zero-order valence-electron chi connectivity index (χ0n) is 31.3. The number of allylic oxidation sites excluding steroid dienone is 4. The zero-order valence-corrected chi connectivity index (χ0v) is 32.2. The fourth-order valence-corrected chi connectivity index (χ4v) is 6.48. The van der Waals surface area contributed by atoms with E-state index in [4.69, 9.17) is 14.0 Å². The van der Waals surface area contributed by atoms with Gasteiger partial charge in [0.1, 0.15) is 11.9 Å². The minimum absolute atomic E-state index is 0.0363. The van der Waals surface area contributed by atoms with Crippen molar-refractivity contribution in [2.45, 2.75) is 120 Å². The molecule has 1 aliphatic heterocycles. The number of esters is 2. The Morgan fingerprint density at radius 3 is 2.15 bits per heavy atom. The summed E-state index contributed by atoms with van der Waals surface area (Å²) in [7, 11) is -1.13. The Bertz CT molecular complexity index is 1120. The van der Waals surface area contributed by atoms with Gasteiger partial charge in [-0.1, -0.05) is 106 Å². The topological polar surface area (TPSA) is 108 Å². The summed E-state index contributed by atoms with van der Waals surface area (Å²) in [6.07, 6.45) is 12.6. The van der Waals surface area contributed by atoms with E-state index in [0.717, 1.165) is 26.4 Å². The summed E-state index contributed by atoms with van der Waals surface area (Å²) in [5.41, 5.74) is 2.04. The molecule has 1 aromatic carbocycles. The van der Waals surface area contributed by atoms with Crippen LogP contribution in [0.3, 0.4) is 0 Å². The van der Waals surface area contributed by atoms with Gasteiger partial charge in [-0.15, -0.1) is 0 Å². The van der Waals surface area contributed by atoms with E-state index in [1.165, 1.54) is 25.0 Å². The van der Waals surface area contributed by atoms with Crippen LogP contribution in [0.5, 0.6) is 5.75 Å². The average Bonchev–Trinajstić information content (AvgIpc) is 3.01. The molecule has 3 aliphatic rings. The molecule has 0 saturated carbocycles. The molecule has 9 heteroatoms. The standard InChI is InChI=1S/C20H30O3.C9H11O5P.C5H12.2C2H6/c1-13-4-8-19-15(10-13)6-5-14(2)18(19)9-7-16-11-17(22-3)12-20(21)23-16;1-13-9(10)7-15(11,12)14-8-5-3-2-4-6-8;1-5(2,3)4;2*1-2/h5-6,10,13-14,16-19H,4,7-9,11-12H2,1-3H3;2-6H,7H2,1H3,(H,11,12);1-4H3;2*1-2H3/t13-,14?,16-,17?,18?,19?;;;;/m1..../s1. The molecule has 0 amide bonds. The van der Waals surface area contributed by atoms with Crippen LogP contribution in [-0.2, 0) is 28.4 Å². The van der Waals surface area contributed by atoms with E-state index in [1.54, 1.807) is 30.9 Å². The molecule has 1 fully saturated rings. The number of methoxy groups -OCH3 is 2. The average molecular weight is 681 g/mol. The number of fused-ring (bicyclic) bond motifs is 1. The van der Waals surface area contributed by atoms with Crippen molar-refractivity contribution in [2.75, 3.05) is 20.4 Å². The maximum atomic E-state index is 11.7. The van der Waals surface area contributed by atoms with Crippen LogP contribution >= 0.6 is 7.60 Å². The van der Waals surface area contributed by atoms with Gasteiger partial charge in [-0.25, -0.2) is 4.57 Å². The van der Waals surface area contributed by atoms with Gasteiger partial charge in [0.05, 0.1) is 19.6 Å². The first-order chi connectivity index (χ1) is 22.1. The molecule has 7 atom stereocenters. The number of para-hydroxylation sites is 1. The third-order valence-electron chi connectivity index (χ3n) is 7.54. The summed E-state index contributed by atoms with van der Waals surface area (Å²) in [4.78, 5) is 31.8. The van der Waals surface area contributed by atoms with Crippen molar-refractivity contribution in [3.63, 3.8) is 0 Å². The molecule has 2 aliphatic carbocycles. The van der Waals surface area contributed by atoms with Crippen molar-refractivity contribution in [2.24, 2.45) is 29.1 Å². The van der Waals surface area contributed by atoms with Gasteiger partial charge < -0.3 is 23.6 Å². The lowest BCUT2D eigenvalue weighted by Crippen LogP contribution is -2.35. The summed E-state index contributed by atoms with van der Waals surface area (Å²) >= 11 is 0. The number of benzene rings is 1. The van der Waals surface area contributed by atoms with Gasteiger partial charge in [0.2, 0.25) is 0 Å². The highest BCUT2D eigenvalue weighted by molar-refractivity contribution is 7.54. The van der Waals surface area contributed by atoms with Gasteiger partial charge in [0.25, 0.3) is 0 Å². The quantitative estimate of drug-likeness (QED) is 0.214. The molecule has 1 aromatic rings. The Labute approximate surface area is 286 Å². The van der Waals surface area contributed by atoms with Crippen LogP contribution in [0.1, 0.15) is 108 Å². The summed E-state index contributed by atoms with van der Waals surface area (Å²) in [6, 6.07) is 8.12. The third kappa shape index (κ3) is 19.2. The Hall–Kier alpha value is -2.41. The Morgan fingerprint density at radius 2 is 1.60 bits per heavy atom. The Balaban J connectivity index is 0.000000759. The van der Waals surface area contributed by atoms with Crippen LogP contribution in [0.15, 0.2) is 54.1 Å². The molecule has 4 rings (SSSR count). The van der Waals surface area contributed by atoms with Crippen LogP contribution < -0.4 is 4.52 Å². The first-order valence-corrected chi connectivity index (χ1v) is 19.1. The first kappa shape index (κ1) is 44.6. The number of cyclic esters (lactones) is 1. The van der Waals surface area contributed by atoms with Gasteiger partial charge in [-0.3, -0.25) is 9.59 Å². The molecule has 47 heavy (non-hydrogen) atoms. The molecule has 1 heterocycles. The van der Waals surface area contributed by atoms with Crippen molar-refractivity contribution < 1.29 is 37.8 Å². The third-order valence-corrected chi connectivity index (χ3v) is 8.70. The summed E-state index contributed by atoms with van der Waals surface area (Å²) < 4.78 is 31.4. The van der Waals surface area contributed by atoms with Crippen LogP contribution in [-0.4, -0.2) is 49.4 Å². The van der Waals surface area contributed by atoms with E-state index in [2.05, 4.69) is 64.5 Å². The number of hydrogen-bond donors (Lipinski definition) is 1. The molecule has 0 bridgehead atoms. The Morgan fingerprint density at radius 1 is 1.00 bits per heavy atom. The fraction of sp³-hybridized carbons (Fsp3) is 0.684. The molecular weight excluding hydrogens is 615 g/mol. The van der Waals surface area contributed by atoms with Crippen LogP contribution in [0.2, 0.25) is 0 Å². The molecule has 270 valence electrons. The highest BCUT2D eigenvalue weighted by Gasteiger charge is 2.35. The van der Waals surface area contributed by atoms with Gasteiger partial charge in [0, 0.05) is 13.5 Å². The summed E-state index contributed by atoms with van der Waals surface area (Å²) in [5.74, 6) is 2.06. The van der Waals surface area contributed by atoms with E-state index in [1.807, 2.05) is 27.7 Å². The number of carbonyl (C=O) groups is 2. The van der Waals surface area contributed by atoms with Crippen molar-refractivity contribution in [1.29, 1.82) is 0 Å². The van der Waals surface area contributed by atoms with E-state index in [0.29, 0.717) is 35.5 Å². The zero-order chi connectivity index (χ0) is 36.2. The molecular formula is C38H65O8P. The monoisotopic (exact) mass is 680 g/mol. The maximum absolute atomic E-state index is 11.7. The van der Waals surface area contributed by atoms with E-state index < -0.39 is 19.7 Å². The highest BCUT2D eigenvalue weighted by atomic mass is 31.2. The van der Waals surface area contributed by atoms with Crippen LogP contribution in [0.4, 0.5) is 0 Å². The van der Waals surface area contributed by atoms with Gasteiger partial charge in [-0.05, 0) is 72.5 Å². The van der Waals surface area contributed by atoms with Crippen molar-refractivity contribution in [1.82, 2.24) is 0 Å². The van der Waals surface area contributed by atoms with Gasteiger partial charge >= 0.3 is 19.5 Å². The van der Waals surface area contributed by atoms with Crippen molar-refractivity contribution in [3.05, 3.63) is 54.1 Å². The molecule has 1 saturated heterocycles. The van der Waals surface area contributed by atoms with Crippen LogP contribution in [0.25, 0.3) is 0 Å². The predicted octanol–water partition coefficient (Wildman–Crippen LogP) is 9.81. The lowest BCUT2D eigenvalue weighted by atomic mass is 9.66. The van der Waals surface area contributed by atoms with Crippen LogP contribution in [0, 0.1) is 29.1 Å².